The molecule has 2 aromatic rings. The van der Waals surface area contributed by atoms with E-state index >= 15 is 0 Å². The Morgan fingerprint density at radius 2 is 1.93 bits per heavy atom. The molecule has 5 nitrogen and oxygen atoms in total. The summed E-state index contributed by atoms with van der Waals surface area (Å²) in [4.78, 5) is 21.8. The molecular formula is C20H27N5S2. The van der Waals surface area contributed by atoms with Gasteiger partial charge < -0.3 is 9.80 Å². The number of amidine groups is 1. The third kappa shape index (κ3) is 3.03. The van der Waals surface area contributed by atoms with Crippen molar-refractivity contribution in [3.05, 3.63) is 17.3 Å². The number of anilines is 1. The Labute approximate surface area is 169 Å². The van der Waals surface area contributed by atoms with Gasteiger partial charge >= 0.3 is 0 Å². The lowest BCUT2D eigenvalue weighted by molar-refractivity contribution is 0.393. The first kappa shape index (κ1) is 17.7. The standard InChI is InChI=1S/C20H27N5S2/c1-13-9-14(2)20(3)11-21-19(27-20)25-6-4-5-24(7-8-25)17-15-10-16(13)26-18(15)23-12-22-17/h10,12-14H,4-9,11H2,1-3H3. The number of hydrogen-bond acceptors (Lipinski definition) is 7. The molecule has 144 valence electrons. The largest absolute Gasteiger partial charge is 0.354 e. The Morgan fingerprint density at radius 3 is 2.81 bits per heavy atom. The van der Waals surface area contributed by atoms with Gasteiger partial charge in [0, 0.05) is 35.8 Å². The second-order valence-electron chi connectivity index (χ2n) is 8.44. The summed E-state index contributed by atoms with van der Waals surface area (Å²) in [6.45, 7) is 12.3. The van der Waals surface area contributed by atoms with Crippen LogP contribution in [-0.2, 0) is 0 Å². The van der Waals surface area contributed by atoms with Gasteiger partial charge in [-0.2, -0.15) is 0 Å². The highest BCUT2D eigenvalue weighted by Gasteiger charge is 2.40. The maximum atomic E-state index is 4.99. The average Bonchev–Trinajstić information content (AvgIpc) is 3.19. The van der Waals surface area contributed by atoms with E-state index in [0.29, 0.717) is 11.8 Å². The van der Waals surface area contributed by atoms with Crippen molar-refractivity contribution in [1.82, 2.24) is 14.9 Å². The van der Waals surface area contributed by atoms with Crippen LogP contribution in [0.2, 0.25) is 0 Å². The number of thioether (sulfide) groups is 1. The quantitative estimate of drug-likeness (QED) is 0.662. The van der Waals surface area contributed by atoms with E-state index in [1.54, 1.807) is 6.33 Å². The molecule has 7 heteroatoms. The van der Waals surface area contributed by atoms with Gasteiger partial charge in [0.15, 0.2) is 5.17 Å². The Bertz CT molecular complexity index is 894. The van der Waals surface area contributed by atoms with Crippen LogP contribution in [0, 0.1) is 5.92 Å². The van der Waals surface area contributed by atoms with Gasteiger partial charge in [0.2, 0.25) is 0 Å². The molecule has 1 fully saturated rings. The van der Waals surface area contributed by atoms with Gasteiger partial charge in [-0.25, -0.2) is 9.97 Å². The maximum absolute atomic E-state index is 4.99. The van der Waals surface area contributed by atoms with E-state index in [0.717, 1.165) is 49.8 Å². The molecule has 6 bridgehead atoms. The monoisotopic (exact) mass is 401 g/mol. The van der Waals surface area contributed by atoms with Crippen molar-refractivity contribution in [2.45, 2.75) is 44.3 Å². The third-order valence-electron chi connectivity index (χ3n) is 6.48. The van der Waals surface area contributed by atoms with E-state index in [2.05, 4.69) is 41.6 Å². The highest BCUT2D eigenvalue weighted by Crippen LogP contribution is 2.45. The summed E-state index contributed by atoms with van der Waals surface area (Å²) in [6.07, 6.45) is 4.07. The average molecular weight is 402 g/mol. The number of nitrogens with zero attached hydrogens (tertiary/aromatic N) is 5. The number of aliphatic imine (C=N–C) groups is 1. The first-order chi connectivity index (χ1) is 13.0. The number of hydrogen-bond donors (Lipinski definition) is 0. The third-order valence-corrected chi connectivity index (χ3v) is 9.32. The van der Waals surface area contributed by atoms with E-state index in [-0.39, 0.29) is 4.75 Å². The van der Waals surface area contributed by atoms with E-state index in [4.69, 9.17) is 9.98 Å². The molecule has 3 aliphatic rings. The summed E-state index contributed by atoms with van der Waals surface area (Å²) in [5.41, 5.74) is 0. The Balaban J connectivity index is 1.61. The van der Waals surface area contributed by atoms with Crippen molar-refractivity contribution in [1.29, 1.82) is 0 Å². The van der Waals surface area contributed by atoms with Gasteiger partial charge in [-0.05, 0) is 37.7 Å². The molecule has 0 amide bonds. The molecule has 0 aliphatic carbocycles. The van der Waals surface area contributed by atoms with Crippen molar-refractivity contribution in [2.75, 3.05) is 37.6 Å². The molecule has 3 atom stereocenters. The summed E-state index contributed by atoms with van der Waals surface area (Å²) in [5.74, 6) is 2.26. The van der Waals surface area contributed by atoms with Crippen LogP contribution in [0.25, 0.3) is 10.2 Å². The van der Waals surface area contributed by atoms with Crippen LogP contribution in [0.15, 0.2) is 17.4 Å². The minimum Gasteiger partial charge on any atom is -0.354 e. The van der Waals surface area contributed by atoms with Crippen molar-refractivity contribution in [3.63, 3.8) is 0 Å². The van der Waals surface area contributed by atoms with Crippen LogP contribution >= 0.6 is 23.1 Å². The summed E-state index contributed by atoms with van der Waals surface area (Å²) >= 11 is 3.87. The fraction of sp³-hybridized carbons (Fsp3) is 0.650. The lowest BCUT2D eigenvalue weighted by Crippen LogP contribution is -2.36. The summed E-state index contributed by atoms with van der Waals surface area (Å²) < 4.78 is 0.210. The first-order valence-corrected chi connectivity index (χ1v) is 11.6. The zero-order chi connectivity index (χ0) is 18.6. The minimum atomic E-state index is 0.210. The van der Waals surface area contributed by atoms with Crippen LogP contribution in [0.5, 0.6) is 0 Å². The summed E-state index contributed by atoms with van der Waals surface area (Å²) in [7, 11) is 0. The van der Waals surface area contributed by atoms with Crippen molar-refractivity contribution >= 4 is 44.3 Å². The lowest BCUT2D eigenvalue weighted by atomic mass is 9.86. The normalized spacial score (nSPS) is 31.3. The van der Waals surface area contributed by atoms with Gasteiger partial charge in [-0.3, -0.25) is 4.99 Å². The van der Waals surface area contributed by atoms with E-state index in [1.165, 1.54) is 21.9 Å². The van der Waals surface area contributed by atoms with Crippen molar-refractivity contribution < 1.29 is 0 Å². The second-order valence-corrected chi connectivity index (χ2v) is 11.0. The van der Waals surface area contributed by atoms with Gasteiger partial charge in [0.1, 0.15) is 17.0 Å². The number of rotatable bonds is 0. The molecule has 3 aliphatic heterocycles. The highest BCUT2D eigenvalue weighted by molar-refractivity contribution is 8.15. The number of aromatic nitrogens is 2. The topological polar surface area (TPSA) is 44.6 Å². The molecule has 5 rings (SSSR count). The summed E-state index contributed by atoms with van der Waals surface area (Å²) in [6, 6.07) is 2.37. The predicted molar refractivity (Wildman–Crippen MR) is 116 cm³/mol. The zero-order valence-electron chi connectivity index (χ0n) is 16.3. The lowest BCUT2D eigenvalue weighted by Gasteiger charge is -2.32. The van der Waals surface area contributed by atoms with Crippen molar-refractivity contribution in [3.8, 4) is 0 Å². The molecular weight excluding hydrogens is 374 g/mol. The van der Waals surface area contributed by atoms with Crippen LogP contribution in [0.1, 0.15) is 44.4 Å². The second kappa shape index (κ2) is 6.62. The smallest absolute Gasteiger partial charge is 0.159 e. The molecule has 0 spiro atoms. The van der Waals surface area contributed by atoms with Crippen LogP contribution in [-0.4, -0.2) is 57.5 Å². The van der Waals surface area contributed by atoms with E-state index in [9.17, 15) is 0 Å². The highest BCUT2D eigenvalue weighted by atomic mass is 32.2. The van der Waals surface area contributed by atoms with Crippen LogP contribution < -0.4 is 4.90 Å². The fourth-order valence-electron chi connectivity index (χ4n) is 4.49. The van der Waals surface area contributed by atoms with Gasteiger partial charge in [-0.1, -0.05) is 25.6 Å². The fourth-order valence-corrected chi connectivity index (χ4v) is 6.83. The Hall–Kier alpha value is -1.34. The Morgan fingerprint density at radius 1 is 1.11 bits per heavy atom. The van der Waals surface area contributed by atoms with Gasteiger partial charge in [0.25, 0.3) is 0 Å². The molecule has 27 heavy (non-hydrogen) atoms. The molecule has 5 heterocycles. The maximum Gasteiger partial charge on any atom is 0.159 e. The van der Waals surface area contributed by atoms with E-state index in [1.807, 2.05) is 23.1 Å². The summed E-state index contributed by atoms with van der Waals surface area (Å²) in [5, 5.41) is 2.50. The molecule has 0 radical (unpaired) electrons. The SMILES string of the molecule is CC1CC(C)C2(C)CN=C(S2)N2CCCN(CC2)c2ncnc3sc1cc23. The minimum absolute atomic E-state index is 0.210. The predicted octanol–water partition coefficient (Wildman–Crippen LogP) is 4.21. The number of thiophene rings is 1. The molecule has 3 unspecified atom stereocenters. The molecule has 0 saturated carbocycles. The van der Waals surface area contributed by atoms with Crippen LogP contribution in [0.4, 0.5) is 5.82 Å². The van der Waals surface area contributed by atoms with Crippen LogP contribution in [0.3, 0.4) is 0 Å². The first-order valence-electron chi connectivity index (χ1n) is 10.0. The molecule has 2 aromatic heterocycles. The Kier molecular flexibility index (Phi) is 4.35. The number of fused-ring (bicyclic) bond motifs is 8. The zero-order valence-corrected chi connectivity index (χ0v) is 17.9. The molecule has 1 saturated heterocycles. The molecule has 0 N–H and O–H groups in total. The van der Waals surface area contributed by atoms with E-state index < -0.39 is 0 Å². The molecule has 0 aromatic carbocycles. The van der Waals surface area contributed by atoms with Gasteiger partial charge in [0.05, 0.1) is 11.9 Å². The van der Waals surface area contributed by atoms with Crippen molar-refractivity contribution in [2.24, 2.45) is 10.9 Å². The van der Waals surface area contributed by atoms with Gasteiger partial charge in [-0.15, -0.1) is 11.3 Å².